The zero-order chi connectivity index (χ0) is 13.9. The summed E-state index contributed by atoms with van der Waals surface area (Å²) in [4.78, 5) is 11.4. The van der Waals surface area contributed by atoms with Crippen molar-refractivity contribution < 1.29 is 30.0 Å². The number of hydrogen-bond acceptors (Lipinski definition) is 6. The van der Waals surface area contributed by atoms with Gasteiger partial charge < -0.3 is 30.5 Å². The molecule has 0 aromatic rings. The molecule has 0 bridgehead atoms. The van der Waals surface area contributed by atoms with E-state index in [1.807, 2.05) is 0 Å². The van der Waals surface area contributed by atoms with Crippen molar-refractivity contribution in [2.45, 2.75) is 44.4 Å². The summed E-state index contributed by atoms with van der Waals surface area (Å²) in [7, 11) is 0. The van der Waals surface area contributed by atoms with Gasteiger partial charge in [0.25, 0.3) is 0 Å². The van der Waals surface area contributed by atoms with E-state index >= 15 is 0 Å². The maximum atomic E-state index is 11.4. The molecule has 1 heterocycles. The van der Waals surface area contributed by atoms with Crippen LogP contribution in [0.25, 0.3) is 0 Å². The van der Waals surface area contributed by atoms with Gasteiger partial charge in [0.05, 0.1) is 6.61 Å². The van der Waals surface area contributed by atoms with E-state index in [4.69, 9.17) is 9.84 Å². The highest BCUT2D eigenvalue weighted by Crippen LogP contribution is 2.20. The molecule has 0 aliphatic carbocycles. The normalized spacial score (nSPS) is 36.7. The fourth-order valence-corrected chi connectivity index (χ4v) is 1.75. The topological polar surface area (TPSA) is 119 Å². The standard InChI is InChI=1S/C11H21NO6/c1-5(2)11(17)12-3-6-8(14)10(16)9(15)7(4-13)18-6/h5-10,13-16H,3-4H2,1-2H3,(H,12,17)/t6-,7?,8?,9?,10+/m0/s1. The summed E-state index contributed by atoms with van der Waals surface area (Å²) in [6, 6.07) is 0. The molecular formula is C11H21NO6. The summed E-state index contributed by atoms with van der Waals surface area (Å²) in [5.41, 5.74) is 0. The van der Waals surface area contributed by atoms with Gasteiger partial charge in [-0.05, 0) is 0 Å². The van der Waals surface area contributed by atoms with Gasteiger partial charge in [-0.1, -0.05) is 13.8 Å². The molecule has 106 valence electrons. The lowest BCUT2D eigenvalue weighted by Crippen LogP contribution is -2.61. The third-order valence-electron chi connectivity index (χ3n) is 2.99. The summed E-state index contributed by atoms with van der Waals surface area (Å²) >= 11 is 0. The van der Waals surface area contributed by atoms with Gasteiger partial charge in [-0.2, -0.15) is 0 Å². The van der Waals surface area contributed by atoms with Gasteiger partial charge in [0.15, 0.2) is 0 Å². The summed E-state index contributed by atoms with van der Waals surface area (Å²) in [6.07, 6.45) is -5.89. The molecule has 1 amide bonds. The molecule has 1 aliphatic rings. The maximum absolute atomic E-state index is 11.4. The Morgan fingerprint density at radius 3 is 2.22 bits per heavy atom. The van der Waals surface area contributed by atoms with Gasteiger partial charge in [-0.15, -0.1) is 0 Å². The summed E-state index contributed by atoms with van der Waals surface area (Å²) in [5.74, 6) is -0.401. The molecule has 7 nitrogen and oxygen atoms in total. The van der Waals surface area contributed by atoms with E-state index in [1.165, 1.54) is 0 Å². The number of carbonyl (C=O) groups excluding carboxylic acids is 1. The highest BCUT2D eigenvalue weighted by Gasteiger charge is 2.43. The number of carbonyl (C=O) groups is 1. The molecule has 3 unspecified atom stereocenters. The van der Waals surface area contributed by atoms with Gasteiger partial charge in [0, 0.05) is 12.5 Å². The SMILES string of the molecule is CC(C)C(=O)NC[C@@H]1OC(CO)C(O)[C@H](O)C1O. The van der Waals surface area contributed by atoms with Crippen molar-refractivity contribution in [2.24, 2.45) is 5.92 Å². The van der Waals surface area contributed by atoms with Crippen molar-refractivity contribution in [1.29, 1.82) is 0 Å². The van der Waals surface area contributed by atoms with E-state index in [9.17, 15) is 20.1 Å². The number of amides is 1. The second kappa shape index (κ2) is 6.44. The largest absolute Gasteiger partial charge is 0.394 e. The molecule has 0 saturated carbocycles. The first-order valence-electron chi connectivity index (χ1n) is 5.96. The van der Waals surface area contributed by atoms with E-state index in [1.54, 1.807) is 13.8 Å². The number of ether oxygens (including phenoxy) is 1. The highest BCUT2D eigenvalue weighted by atomic mass is 16.5. The van der Waals surface area contributed by atoms with Crippen LogP contribution in [0.1, 0.15) is 13.8 Å². The van der Waals surface area contributed by atoms with Crippen molar-refractivity contribution in [3.05, 3.63) is 0 Å². The zero-order valence-corrected chi connectivity index (χ0v) is 10.5. The Kier molecular flexibility index (Phi) is 5.48. The fraction of sp³-hybridized carbons (Fsp3) is 0.909. The Bertz CT molecular complexity index is 283. The Morgan fingerprint density at radius 2 is 1.72 bits per heavy atom. The van der Waals surface area contributed by atoms with Crippen molar-refractivity contribution in [3.8, 4) is 0 Å². The predicted molar refractivity (Wildman–Crippen MR) is 61.6 cm³/mol. The van der Waals surface area contributed by atoms with Crippen LogP contribution in [-0.4, -0.2) is 70.0 Å². The lowest BCUT2D eigenvalue weighted by Gasteiger charge is -2.40. The summed E-state index contributed by atoms with van der Waals surface area (Å²) in [5, 5.41) is 40.4. The van der Waals surface area contributed by atoms with E-state index < -0.39 is 37.1 Å². The molecule has 1 rings (SSSR count). The van der Waals surface area contributed by atoms with Crippen LogP contribution in [0, 0.1) is 5.92 Å². The highest BCUT2D eigenvalue weighted by molar-refractivity contribution is 5.77. The second-order valence-electron chi connectivity index (χ2n) is 4.77. The molecule has 18 heavy (non-hydrogen) atoms. The molecule has 0 aromatic heterocycles. The molecule has 0 spiro atoms. The molecule has 1 saturated heterocycles. The van der Waals surface area contributed by atoms with Gasteiger partial charge in [0.2, 0.25) is 5.91 Å². The molecule has 5 atom stereocenters. The number of rotatable bonds is 4. The lowest BCUT2D eigenvalue weighted by molar-refractivity contribution is -0.227. The molecule has 1 aliphatic heterocycles. The molecule has 0 aromatic carbocycles. The van der Waals surface area contributed by atoms with Crippen molar-refractivity contribution >= 4 is 5.91 Å². The maximum Gasteiger partial charge on any atom is 0.222 e. The average Bonchev–Trinajstić information content (AvgIpc) is 2.34. The van der Waals surface area contributed by atoms with Crippen LogP contribution in [0.15, 0.2) is 0 Å². The van der Waals surface area contributed by atoms with E-state index in [0.29, 0.717) is 0 Å². The minimum Gasteiger partial charge on any atom is -0.394 e. The van der Waals surface area contributed by atoms with E-state index in [-0.39, 0.29) is 18.4 Å². The Balaban J connectivity index is 2.57. The van der Waals surface area contributed by atoms with Gasteiger partial charge in [-0.3, -0.25) is 4.79 Å². The van der Waals surface area contributed by atoms with Gasteiger partial charge >= 0.3 is 0 Å². The lowest BCUT2D eigenvalue weighted by atomic mass is 9.95. The van der Waals surface area contributed by atoms with Crippen LogP contribution in [0.2, 0.25) is 0 Å². The minimum absolute atomic E-state index is 0.0124. The summed E-state index contributed by atoms with van der Waals surface area (Å²) < 4.78 is 5.24. The first kappa shape index (κ1) is 15.3. The number of nitrogens with one attached hydrogen (secondary N) is 1. The van der Waals surface area contributed by atoms with Crippen LogP contribution in [0.5, 0.6) is 0 Å². The minimum atomic E-state index is -1.41. The van der Waals surface area contributed by atoms with Crippen molar-refractivity contribution in [1.82, 2.24) is 5.32 Å². The number of hydrogen-bond donors (Lipinski definition) is 5. The van der Waals surface area contributed by atoms with Crippen molar-refractivity contribution in [3.63, 3.8) is 0 Å². The average molecular weight is 263 g/mol. The van der Waals surface area contributed by atoms with Gasteiger partial charge in [0.1, 0.15) is 30.5 Å². The first-order chi connectivity index (χ1) is 8.38. The van der Waals surface area contributed by atoms with Crippen LogP contribution in [0.4, 0.5) is 0 Å². The van der Waals surface area contributed by atoms with Crippen LogP contribution < -0.4 is 5.32 Å². The molecule has 5 N–H and O–H groups in total. The fourth-order valence-electron chi connectivity index (χ4n) is 1.75. The Morgan fingerprint density at radius 1 is 1.17 bits per heavy atom. The zero-order valence-electron chi connectivity index (χ0n) is 10.5. The Labute approximate surface area is 105 Å². The summed E-state index contributed by atoms with van der Waals surface area (Å²) in [6.45, 7) is 2.99. The molecule has 1 fully saturated rings. The van der Waals surface area contributed by atoms with E-state index in [0.717, 1.165) is 0 Å². The first-order valence-corrected chi connectivity index (χ1v) is 5.96. The monoisotopic (exact) mass is 263 g/mol. The predicted octanol–water partition coefficient (Wildman–Crippen LogP) is -2.40. The van der Waals surface area contributed by atoms with Crippen LogP contribution >= 0.6 is 0 Å². The molecular weight excluding hydrogens is 242 g/mol. The Hall–Kier alpha value is -0.730. The second-order valence-corrected chi connectivity index (χ2v) is 4.77. The quantitative estimate of drug-likeness (QED) is 0.386. The van der Waals surface area contributed by atoms with Crippen LogP contribution in [0.3, 0.4) is 0 Å². The number of aliphatic hydroxyl groups is 4. The third-order valence-corrected chi connectivity index (χ3v) is 2.99. The molecule has 7 heteroatoms. The van der Waals surface area contributed by atoms with Crippen molar-refractivity contribution in [2.75, 3.05) is 13.2 Å². The molecule has 0 radical (unpaired) electrons. The van der Waals surface area contributed by atoms with E-state index in [2.05, 4.69) is 5.32 Å². The third kappa shape index (κ3) is 3.39. The smallest absolute Gasteiger partial charge is 0.222 e. The van der Waals surface area contributed by atoms with Gasteiger partial charge in [-0.25, -0.2) is 0 Å². The number of aliphatic hydroxyl groups excluding tert-OH is 4. The van der Waals surface area contributed by atoms with Crippen LogP contribution in [-0.2, 0) is 9.53 Å².